The molecule has 7 heteroatoms. The molecule has 3 rings (SSSR count). The van der Waals surface area contributed by atoms with Crippen molar-refractivity contribution >= 4 is 11.7 Å². The lowest BCUT2D eigenvalue weighted by molar-refractivity contribution is 0.0860. The molecule has 112 valence electrons. The van der Waals surface area contributed by atoms with Crippen LogP contribution >= 0.6 is 0 Å². The van der Waals surface area contributed by atoms with E-state index in [1.165, 1.54) is 0 Å². The van der Waals surface area contributed by atoms with E-state index >= 15 is 0 Å². The highest BCUT2D eigenvalue weighted by atomic mass is 16.5. The van der Waals surface area contributed by atoms with Crippen molar-refractivity contribution in [2.75, 3.05) is 6.61 Å². The van der Waals surface area contributed by atoms with Gasteiger partial charge in [-0.3, -0.25) is 4.40 Å². The standard InChI is InChI=1S/C14H19N5O2/c1-10(11-5-4-8-21-11)16-14(20)15-9-13-18-17-12-6-2-3-7-19(12)13/h2-3,6-7,10-11H,4-5,8-9H2,1H3,(H2,15,16,20)/t10-,11+/m1/s1. The number of amides is 2. The third-order valence-electron chi connectivity index (χ3n) is 3.67. The Morgan fingerprint density at radius 2 is 2.43 bits per heavy atom. The van der Waals surface area contributed by atoms with Crippen molar-refractivity contribution in [3.8, 4) is 0 Å². The molecule has 0 bridgehead atoms. The maximum Gasteiger partial charge on any atom is 0.315 e. The first-order valence-corrected chi connectivity index (χ1v) is 7.18. The van der Waals surface area contributed by atoms with Gasteiger partial charge in [0.1, 0.15) is 0 Å². The Hall–Kier alpha value is -2.15. The van der Waals surface area contributed by atoms with Crippen molar-refractivity contribution in [1.82, 2.24) is 25.2 Å². The van der Waals surface area contributed by atoms with Crippen molar-refractivity contribution in [3.05, 3.63) is 30.2 Å². The number of hydrogen-bond donors (Lipinski definition) is 2. The number of urea groups is 1. The van der Waals surface area contributed by atoms with Crippen LogP contribution in [0.25, 0.3) is 5.65 Å². The van der Waals surface area contributed by atoms with Crippen LogP contribution in [0.5, 0.6) is 0 Å². The van der Waals surface area contributed by atoms with Crippen LogP contribution in [0.4, 0.5) is 4.79 Å². The van der Waals surface area contributed by atoms with E-state index in [0.717, 1.165) is 25.1 Å². The average Bonchev–Trinajstić information content (AvgIpc) is 3.15. The molecule has 0 aromatic carbocycles. The summed E-state index contributed by atoms with van der Waals surface area (Å²) in [4.78, 5) is 11.9. The van der Waals surface area contributed by atoms with Gasteiger partial charge in [0.15, 0.2) is 11.5 Å². The summed E-state index contributed by atoms with van der Waals surface area (Å²) in [6.45, 7) is 3.07. The van der Waals surface area contributed by atoms with Crippen molar-refractivity contribution in [2.45, 2.75) is 38.5 Å². The molecule has 7 nitrogen and oxygen atoms in total. The van der Waals surface area contributed by atoms with Gasteiger partial charge in [-0.1, -0.05) is 6.07 Å². The summed E-state index contributed by atoms with van der Waals surface area (Å²) in [6.07, 6.45) is 4.05. The lowest BCUT2D eigenvalue weighted by atomic mass is 10.1. The summed E-state index contributed by atoms with van der Waals surface area (Å²) in [5.74, 6) is 0.700. The Bertz CT molecular complexity index is 621. The zero-order valence-electron chi connectivity index (χ0n) is 12.0. The van der Waals surface area contributed by atoms with Crippen LogP contribution in [-0.4, -0.2) is 39.4 Å². The second-order valence-electron chi connectivity index (χ2n) is 5.21. The smallest absolute Gasteiger partial charge is 0.315 e. The molecule has 3 heterocycles. The average molecular weight is 289 g/mol. The third-order valence-corrected chi connectivity index (χ3v) is 3.67. The third kappa shape index (κ3) is 3.13. The topological polar surface area (TPSA) is 80.5 Å². The van der Waals surface area contributed by atoms with E-state index in [4.69, 9.17) is 4.74 Å². The minimum absolute atomic E-state index is 0.00245. The number of aromatic nitrogens is 3. The number of pyridine rings is 1. The molecule has 21 heavy (non-hydrogen) atoms. The van der Waals surface area contributed by atoms with E-state index in [1.54, 1.807) is 0 Å². The van der Waals surface area contributed by atoms with Crippen LogP contribution in [0.1, 0.15) is 25.6 Å². The first-order chi connectivity index (χ1) is 10.2. The summed E-state index contributed by atoms with van der Waals surface area (Å²) < 4.78 is 7.41. The SMILES string of the molecule is C[C@@H](NC(=O)NCc1nnc2ccccn12)[C@@H]1CCCO1. The van der Waals surface area contributed by atoms with Gasteiger partial charge in [0.2, 0.25) is 0 Å². The van der Waals surface area contributed by atoms with E-state index in [0.29, 0.717) is 12.4 Å². The number of nitrogens with one attached hydrogen (secondary N) is 2. The Morgan fingerprint density at radius 3 is 3.24 bits per heavy atom. The minimum Gasteiger partial charge on any atom is -0.376 e. The van der Waals surface area contributed by atoms with Crippen LogP contribution < -0.4 is 10.6 Å². The first kappa shape index (κ1) is 13.8. The molecule has 2 atom stereocenters. The number of ether oxygens (including phenoxy) is 1. The van der Waals surface area contributed by atoms with Crippen molar-refractivity contribution in [1.29, 1.82) is 0 Å². The Kier molecular flexibility index (Phi) is 4.01. The normalized spacial score (nSPS) is 19.6. The highest BCUT2D eigenvalue weighted by Crippen LogP contribution is 2.15. The molecule has 1 aliphatic heterocycles. The number of fused-ring (bicyclic) bond motifs is 1. The maximum absolute atomic E-state index is 11.9. The zero-order chi connectivity index (χ0) is 14.7. The van der Waals surface area contributed by atoms with Crippen LogP contribution in [0.15, 0.2) is 24.4 Å². The van der Waals surface area contributed by atoms with E-state index in [9.17, 15) is 4.79 Å². The molecule has 0 spiro atoms. The zero-order valence-corrected chi connectivity index (χ0v) is 12.0. The van der Waals surface area contributed by atoms with Gasteiger partial charge >= 0.3 is 6.03 Å². The van der Waals surface area contributed by atoms with Crippen LogP contribution in [-0.2, 0) is 11.3 Å². The predicted octanol–water partition coefficient (Wildman–Crippen LogP) is 1.10. The quantitative estimate of drug-likeness (QED) is 0.883. The predicted molar refractivity (Wildman–Crippen MR) is 76.8 cm³/mol. The van der Waals surface area contributed by atoms with Gasteiger partial charge in [-0.05, 0) is 31.9 Å². The Balaban J connectivity index is 1.53. The lowest BCUT2D eigenvalue weighted by Crippen LogP contribution is -2.45. The van der Waals surface area contributed by atoms with E-state index in [2.05, 4.69) is 20.8 Å². The maximum atomic E-state index is 11.9. The number of carbonyl (C=O) groups is 1. The molecule has 2 aromatic heterocycles. The number of carbonyl (C=O) groups excluding carboxylic acids is 1. The van der Waals surface area contributed by atoms with Gasteiger partial charge in [0, 0.05) is 12.8 Å². The second kappa shape index (κ2) is 6.09. The molecule has 0 saturated carbocycles. The Labute approximate surface area is 122 Å². The molecule has 2 amide bonds. The van der Waals surface area contributed by atoms with Crippen LogP contribution in [0.3, 0.4) is 0 Å². The fourth-order valence-corrected chi connectivity index (χ4v) is 2.52. The van der Waals surface area contributed by atoms with Gasteiger partial charge in [0.05, 0.1) is 18.7 Å². The van der Waals surface area contributed by atoms with Gasteiger partial charge < -0.3 is 15.4 Å². The van der Waals surface area contributed by atoms with Gasteiger partial charge in [0.25, 0.3) is 0 Å². The molecule has 2 N–H and O–H groups in total. The largest absolute Gasteiger partial charge is 0.376 e. The molecule has 1 fully saturated rings. The lowest BCUT2D eigenvalue weighted by Gasteiger charge is -2.20. The number of nitrogens with zero attached hydrogens (tertiary/aromatic N) is 3. The van der Waals surface area contributed by atoms with Gasteiger partial charge in [-0.15, -0.1) is 10.2 Å². The summed E-state index contributed by atoms with van der Waals surface area (Å²) in [6, 6.07) is 5.46. The second-order valence-corrected chi connectivity index (χ2v) is 5.21. The Morgan fingerprint density at radius 1 is 1.52 bits per heavy atom. The van der Waals surface area contributed by atoms with Crippen molar-refractivity contribution in [2.24, 2.45) is 0 Å². The van der Waals surface area contributed by atoms with Crippen molar-refractivity contribution in [3.63, 3.8) is 0 Å². The molecular weight excluding hydrogens is 270 g/mol. The summed E-state index contributed by atoms with van der Waals surface area (Å²) >= 11 is 0. The fraction of sp³-hybridized carbons (Fsp3) is 0.500. The summed E-state index contributed by atoms with van der Waals surface area (Å²) in [5, 5.41) is 13.8. The highest BCUT2D eigenvalue weighted by molar-refractivity contribution is 5.74. The van der Waals surface area contributed by atoms with Gasteiger partial charge in [-0.25, -0.2) is 4.79 Å². The first-order valence-electron chi connectivity index (χ1n) is 7.18. The van der Waals surface area contributed by atoms with Crippen molar-refractivity contribution < 1.29 is 9.53 Å². The van der Waals surface area contributed by atoms with Gasteiger partial charge in [-0.2, -0.15) is 0 Å². The summed E-state index contributed by atoms with van der Waals surface area (Å²) in [5.41, 5.74) is 0.766. The molecule has 0 radical (unpaired) electrons. The molecule has 2 aromatic rings. The highest BCUT2D eigenvalue weighted by Gasteiger charge is 2.23. The molecule has 0 unspecified atom stereocenters. The molecular formula is C14H19N5O2. The number of rotatable bonds is 4. The summed E-state index contributed by atoms with van der Waals surface area (Å²) in [7, 11) is 0. The van der Waals surface area contributed by atoms with E-state index in [-0.39, 0.29) is 18.2 Å². The van der Waals surface area contributed by atoms with E-state index in [1.807, 2.05) is 35.7 Å². The van der Waals surface area contributed by atoms with E-state index < -0.39 is 0 Å². The molecule has 1 aliphatic rings. The molecule has 1 saturated heterocycles. The molecule has 0 aliphatic carbocycles. The minimum atomic E-state index is -0.217. The monoisotopic (exact) mass is 289 g/mol. The van der Waals surface area contributed by atoms with Crippen LogP contribution in [0, 0.1) is 0 Å². The fourth-order valence-electron chi connectivity index (χ4n) is 2.52. The van der Waals surface area contributed by atoms with Crippen LogP contribution in [0.2, 0.25) is 0 Å². The number of hydrogen-bond acceptors (Lipinski definition) is 4.